The molecule has 0 atom stereocenters. The average molecular weight is 320 g/mol. The number of nitrogens with one attached hydrogen (secondary N) is 1. The predicted molar refractivity (Wildman–Crippen MR) is 74.0 cm³/mol. The molecule has 0 fully saturated rings. The standard InChI is InChI=1S/C12H15BrFNOS/c1-17-8-3-2-7-15-12(16)9-5-4-6-10(13)11(9)14/h4-6H,2-3,7-8H2,1H3,(H,15,16). The molecule has 5 heteroatoms. The maximum atomic E-state index is 13.6. The first-order valence-electron chi connectivity index (χ1n) is 5.38. The third-order valence-corrected chi connectivity index (χ3v) is 3.57. The van der Waals surface area contributed by atoms with E-state index in [2.05, 4.69) is 27.5 Å². The van der Waals surface area contributed by atoms with Crippen molar-refractivity contribution in [2.75, 3.05) is 18.6 Å². The van der Waals surface area contributed by atoms with Gasteiger partial charge in [-0.3, -0.25) is 4.79 Å². The van der Waals surface area contributed by atoms with Crippen molar-refractivity contribution in [3.63, 3.8) is 0 Å². The van der Waals surface area contributed by atoms with E-state index in [1.165, 1.54) is 6.07 Å². The molecule has 0 spiro atoms. The fourth-order valence-corrected chi connectivity index (χ4v) is 2.21. The molecule has 0 saturated carbocycles. The lowest BCUT2D eigenvalue weighted by Crippen LogP contribution is -2.25. The SMILES string of the molecule is CSCCCCNC(=O)c1cccc(Br)c1F. The Bertz CT molecular complexity index is 387. The molecule has 0 aliphatic rings. The number of hydrogen-bond donors (Lipinski definition) is 1. The van der Waals surface area contributed by atoms with Crippen LogP contribution in [-0.2, 0) is 0 Å². The van der Waals surface area contributed by atoms with Crippen LogP contribution in [0.2, 0.25) is 0 Å². The number of hydrogen-bond acceptors (Lipinski definition) is 2. The smallest absolute Gasteiger partial charge is 0.254 e. The summed E-state index contributed by atoms with van der Waals surface area (Å²) in [5, 5.41) is 2.72. The summed E-state index contributed by atoms with van der Waals surface area (Å²) in [7, 11) is 0. The first-order valence-corrected chi connectivity index (χ1v) is 7.56. The molecule has 1 aromatic rings. The van der Waals surface area contributed by atoms with Crippen LogP contribution in [0.5, 0.6) is 0 Å². The Morgan fingerprint density at radius 2 is 2.24 bits per heavy atom. The van der Waals surface area contributed by atoms with Crippen LogP contribution in [0.3, 0.4) is 0 Å². The van der Waals surface area contributed by atoms with E-state index < -0.39 is 5.82 Å². The van der Waals surface area contributed by atoms with Gasteiger partial charge in [0.05, 0.1) is 10.0 Å². The topological polar surface area (TPSA) is 29.1 Å². The minimum atomic E-state index is -0.505. The van der Waals surface area contributed by atoms with Gasteiger partial charge in [-0.1, -0.05) is 6.07 Å². The highest BCUT2D eigenvalue weighted by Crippen LogP contribution is 2.18. The highest BCUT2D eigenvalue weighted by molar-refractivity contribution is 9.10. The number of halogens is 2. The number of rotatable bonds is 6. The van der Waals surface area contributed by atoms with Gasteiger partial charge < -0.3 is 5.32 Å². The Labute approximate surface area is 113 Å². The molecule has 0 radical (unpaired) electrons. The van der Waals surface area contributed by atoms with E-state index in [1.807, 2.05) is 0 Å². The molecule has 17 heavy (non-hydrogen) atoms. The van der Waals surface area contributed by atoms with Crippen molar-refractivity contribution in [2.45, 2.75) is 12.8 Å². The average Bonchev–Trinajstić information content (AvgIpc) is 2.32. The number of benzene rings is 1. The van der Waals surface area contributed by atoms with Crippen molar-refractivity contribution < 1.29 is 9.18 Å². The first-order chi connectivity index (χ1) is 8.16. The van der Waals surface area contributed by atoms with Crippen LogP contribution in [0.25, 0.3) is 0 Å². The monoisotopic (exact) mass is 319 g/mol. The summed E-state index contributed by atoms with van der Waals surface area (Å²) >= 11 is 4.84. The van der Waals surface area contributed by atoms with Crippen molar-refractivity contribution in [3.05, 3.63) is 34.1 Å². The third-order valence-electron chi connectivity index (χ3n) is 2.26. The minimum absolute atomic E-state index is 0.0873. The van der Waals surface area contributed by atoms with E-state index in [-0.39, 0.29) is 11.5 Å². The summed E-state index contributed by atoms with van der Waals surface area (Å²) in [5.41, 5.74) is 0.0873. The molecule has 0 unspecified atom stereocenters. The molecule has 1 rings (SSSR count). The molecule has 0 bridgehead atoms. The highest BCUT2D eigenvalue weighted by Gasteiger charge is 2.12. The summed E-state index contributed by atoms with van der Waals surface area (Å²) in [5.74, 6) is 0.225. The van der Waals surface area contributed by atoms with E-state index in [4.69, 9.17) is 0 Å². The van der Waals surface area contributed by atoms with Crippen molar-refractivity contribution in [1.29, 1.82) is 0 Å². The van der Waals surface area contributed by atoms with Crippen LogP contribution in [-0.4, -0.2) is 24.5 Å². The summed E-state index contributed by atoms with van der Waals surface area (Å²) in [4.78, 5) is 11.7. The quantitative estimate of drug-likeness (QED) is 0.813. The summed E-state index contributed by atoms with van der Waals surface area (Å²) < 4.78 is 13.9. The maximum Gasteiger partial charge on any atom is 0.254 e. The molecule has 94 valence electrons. The molecular weight excluding hydrogens is 305 g/mol. The lowest BCUT2D eigenvalue weighted by molar-refractivity contribution is 0.0949. The zero-order chi connectivity index (χ0) is 12.7. The largest absolute Gasteiger partial charge is 0.352 e. The fraction of sp³-hybridized carbons (Fsp3) is 0.417. The number of amides is 1. The van der Waals surface area contributed by atoms with Gasteiger partial charge in [-0.05, 0) is 52.9 Å². The molecule has 1 amide bonds. The normalized spacial score (nSPS) is 10.3. The van der Waals surface area contributed by atoms with Gasteiger partial charge in [0.25, 0.3) is 5.91 Å². The number of unbranched alkanes of at least 4 members (excludes halogenated alkanes) is 1. The van der Waals surface area contributed by atoms with Gasteiger partial charge in [-0.25, -0.2) is 4.39 Å². The number of carbonyl (C=O) groups is 1. The van der Waals surface area contributed by atoms with Crippen molar-refractivity contribution in [2.24, 2.45) is 0 Å². The maximum absolute atomic E-state index is 13.6. The van der Waals surface area contributed by atoms with Gasteiger partial charge in [0.15, 0.2) is 0 Å². The third kappa shape index (κ3) is 4.68. The van der Waals surface area contributed by atoms with Gasteiger partial charge in [-0.2, -0.15) is 11.8 Å². The Morgan fingerprint density at radius 1 is 1.47 bits per heavy atom. The lowest BCUT2D eigenvalue weighted by atomic mass is 10.2. The van der Waals surface area contributed by atoms with Crippen LogP contribution in [0, 0.1) is 5.82 Å². The van der Waals surface area contributed by atoms with Gasteiger partial charge in [-0.15, -0.1) is 0 Å². The van der Waals surface area contributed by atoms with Crippen LogP contribution in [0.4, 0.5) is 4.39 Å². The Morgan fingerprint density at radius 3 is 2.94 bits per heavy atom. The molecule has 0 aliphatic heterocycles. The zero-order valence-electron chi connectivity index (χ0n) is 9.63. The Hall–Kier alpha value is -0.550. The van der Waals surface area contributed by atoms with Crippen LogP contribution < -0.4 is 5.32 Å². The van der Waals surface area contributed by atoms with Crippen LogP contribution in [0.15, 0.2) is 22.7 Å². The predicted octanol–water partition coefficient (Wildman–Crippen LogP) is 3.46. The van der Waals surface area contributed by atoms with Crippen LogP contribution in [0.1, 0.15) is 23.2 Å². The van der Waals surface area contributed by atoms with E-state index in [0.29, 0.717) is 11.0 Å². The molecule has 1 N–H and O–H groups in total. The highest BCUT2D eigenvalue weighted by atomic mass is 79.9. The molecule has 0 aromatic heterocycles. The Kier molecular flexibility index (Phi) is 6.58. The van der Waals surface area contributed by atoms with Crippen molar-refractivity contribution >= 4 is 33.6 Å². The zero-order valence-corrected chi connectivity index (χ0v) is 12.0. The molecule has 1 aromatic carbocycles. The molecule has 0 aliphatic carbocycles. The molecule has 0 heterocycles. The molecule has 2 nitrogen and oxygen atoms in total. The van der Waals surface area contributed by atoms with E-state index >= 15 is 0 Å². The van der Waals surface area contributed by atoms with E-state index in [9.17, 15) is 9.18 Å². The number of thioether (sulfide) groups is 1. The van der Waals surface area contributed by atoms with Crippen molar-refractivity contribution in [1.82, 2.24) is 5.32 Å². The summed E-state index contributed by atoms with van der Waals surface area (Å²) in [6.45, 7) is 0.589. The molecular formula is C12H15BrFNOS. The van der Waals surface area contributed by atoms with Gasteiger partial charge in [0.1, 0.15) is 5.82 Å². The minimum Gasteiger partial charge on any atom is -0.352 e. The fourth-order valence-electron chi connectivity index (χ4n) is 1.35. The van der Waals surface area contributed by atoms with Gasteiger partial charge in [0.2, 0.25) is 0 Å². The lowest BCUT2D eigenvalue weighted by Gasteiger charge is -2.06. The number of carbonyl (C=O) groups excluding carboxylic acids is 1. The Balaban J connectivity index is 2.44. The van der Waals surface area contributed by atoms with Gasteiger partial charge >= 0.3 is 0 Å². The van der Waals surface area contributed by atoms with Crippen LogP contribution >= 0.6 is 27.7 Å². The van der Waals surface area contributed by atoms with E-state index in [0.717, 1.165) is 18.6 Å². The van der Waals surface area contributed by atoms with E-state index in [1.54, 1.807) is 23.9 Å². The summed E-state index contributed by atoms with van der Waals surface area (Å²) in [6.07, 6.45) is 4.03. The second kappa shape index (κ2) is 7.71. The summed E-state index contributed by atoms with van der Waals surface area (Å²) in [6, 6.07) is 4.71. The second-order valence-corrected chi connectivity index (χ2v) is 5.40. The first kappa shape index (κ1) is 14.5. The second-order valence-electron chi connectivity index (χ2n) is 3.56. The van der Waals surface area contributed by atoms with Crippen molar-refractivity contribution in [3.8, 4) is 0 Å². The van der Waals surface area contributed by atoms with Gasteiger partial charge in [0, 0.05) is 6.54 Å². The molecule has 0 saturated heterocycles.